The molecule has 2 rings (SSSR count). The van der Waals surface area contributed by atoms with Crippen molar-refractivity contribution in [3.05, 3.63) is 52.8 Å². The Kier molecular flexibility index (Phi) is 7.84. The van der Waals surface area contributed by atoms with Crippen LogP contribution in [0.1, 0.15) is 60.9 Å². The summed E-state index contributed by atoms with van der Waals surface area (Å²) in [5, 5.41) is 5.55. The fraction of sp³-hybridized carbons (Fsp3) is 0.524. The van der Waals surface area contributed by atoms with Gasteiger partial charge >= 0.3 is 6.18 Å². The van der Waals surface area contributed by atoms with Crippen molar-refractivity contribution in [1.29, 1.82) is 0 Å². The number of amides is 1. The highest BCUT2D eigenvalue weighted by Crippen LogP contribution is 2.28. The maximum Gasteiger partial charge on any atom is 0.432 e. The molecule has 0 fully saturated rings. The number of rotatable bonds is 9. The molecular formula is C21H29F3N4O. The molecule has 2 aromatic rings. The summed E-state index contributed by atoms with van der Waals surface area (Å²) in [5.74, 6) is -0.240. The van der Waals surface area contributed by atoms with E-state index in [1.54, 1.807) is 4.90 Å². The molecule has 1 amide bonds. The second-order valence-electron chi connectivity index (χ2n) is 7.27. The third kappa shape index (κ3) is 6.06. The highest BCUT2D eigenvalue weighted by atomic mass is 19.4. The molecule has 0 aliphatic heterocycles. The number of nitrogens with zero attached hydrogens (tertiary/aromatic N) is 3. The van der Waals surface area contributed by atoms with E-state index in [-0.39, 0.29) is 11.6 Å². The molecule has 1 heterocycles. The number of benzene rings is 1. The summed E-state index contributed by atoms with van der Waals surface area (Å²) in [4.78, 5) is 16.8. The first-order chi connectivity index (χ1) is 13.7. The van der Waals surface area contributed by atoms with Gasteiger partial charge in [-0.3, -0.25) is 9.89 Å². The SMILES string of the molecule is CCN(CC)CCN(Cc1ccccc1C(C)C)C(=O)c1cc(C(F)(F)F)[nH]n1. The zero-order valence-electron chi connectivity index (χ0n) is 17.4. The number of hydrogen-bond donors (Lipinski definition) is 1. The van der Waals surface area contributed by atoms with Crippen LogP contribution < -0.4 is 0 Å². The Morgan fingerprint density at radius 3 is 2.34 bits per heavy atom. The number of halogens is 3. The quantitative estimate of drug-likeness (QED) is 0.661. The van der Waals surface area contributed by atoms with Crippen LogP contribution in [0.25, 0.3) is 0 Å². The topological polar surface area (TPSA) is 52.2 Å². The molecule has 1 aromatic heterocycles. The van der Waals surface area contributed by atoms with E-state index in [9.17, 15) is 18.0 Å². The lowest BCUT2D eigenvalue weighted by Crippen LogP contribution is -2.38. The maximum absolute atomic E-state index is 13.0. The summed E-state index contributed by atoms with van der Waals surface area (Å²) in [5.41, 5.74) is 0.860. The van der Waals surface area contributed by atoms with Gasteiger partial charge in [0, 0.05) is 25.7 Å². The van der Waals surface area contributed by atoms with Crippen LogP contribution in [-0.2, 0) is 12.7 Å². The predicted octanol–water partition coefficient (Wildman–Crippen LogP) is 4.54. The standard InChI is InChI=1S/C21H29F3N4O/c1-5-27(6-2)11-12-28(14-16-9-7-8-10-17(16)15(3)4)20(29)18-13-19(26-25-18)21(22,23)24/h7-10,13,15H,5-6,11-12,14H2,1-4H3,(H,25,26). The molecule has 0 bridgehead atoms. The Balaban J connectivity index is 2.29. The van der Waals surface area contributed by atoms with Crippen LogP contribution in [0.5, 0.6) is 0 Å². The van der Waals surface area contributed by atoms with Gasteiger partial charge < -0.3 is 9.80 Å². The average Bonchev–Trinajstić information content (AvgIpc) is 3.18. The molecular weight excluding hydrogens is 381 g/mol. The highest BCUT2D eigenvalue weighted by molar-refractivity contribution is 5.92. The molecule has 0 aliphatic carbocycles. The summed E-state index contributed by atoms with van der Waals surface area (Å²) in [7, 11) is 0. The minimum Gasteiger partial charge on any atom is -0.332 e. The number of likely N-dealkylation sites (N-methyl/N-ethyl adjacent to an activating group) is 1. The van der Waals surface area contributed by atoms with Crippen LogP contribution >= 0.6 is 0 Å². The smallest absolute Gasteiger partial charge is 0.332 e. The Hall–Kier alpha value is -2.35. The molecule has 1 aromatic carbocycles. The van der Waals surface area contributed by atoms with Crippen molar-refractivity contribution in [1.82, 2.24) is 20.0 Å². The van der Waals surface area contributed by atoms with Gasteiger partial charge in [-0.25, -0.2) is 0 Å². The molecule has 0 unspecified atom stereocenters. The Bertz CT molecular complexity index is 797. The van der Waals surface area contributed by atoms with Gasteiger partial charge in [-0.05, 0) is 30.1 Å². The van der Waals surface area contributed by atoms with E-state index in [1.165, 1.54) is 0 Å². The van der Waals surface area contributed by atoms with Gasteiger partial charge in [0.1, 0.15) is 5.69 Å². The van der Waals surface area contributed by atoms with Crippen molar-refractivity contribution in [2.24, 2.45) is 0 Å². The Labute approximate surface area is 169 Å². The number of nitrogens with one attached hydrogen (secondary N) is 1. The lowest BCUT2D eigenvalue weighted by molar-refractivity contribution is -0.141. The zero-order chi connectivity index (χ0) is 21.6. The molecule has 160 valence electrons. The summed E-state index contributed by atoms with van der Waals surface area (Å²) in [6.07, 6.45) is -4.57. The van der Waals surface area contributed by atoms with Gasteiger partial charge in [0.05, 0.1) is 0 Å². The van der Waals surface area contributed by atoms with Crippen molar-refractivity contribution in [3.63, 3.8) is 0 Å². The fourth-order valence-corrected chi connectivity index (χ4v) is 3.24. The minimum absolute atomic E-state index is 0.223. The summed E-state index contributed by atoms with van der Waals surface area (Å²) >= 11 is 0. The first-order valence-electron chi connectivity index (χ1n) is 9.89. The molecule has 0 radical (unpaired) electrons. The summed E-state index contributed by atoms with van der Waals surface area (Å²) in [6.45, 7) is 11.3. The molecule has 5 nitrogen and oxygen atoms in total. The molecule has 0 atom stereocenters. The van der Waals surface area contributed by atoms with Crippen LogP contribution in [-0.4, -0.2) is 52.1 Å². The molecule has 1 N–H and O–H groups in total. The first kappa shape index (κ1) is 22.9. The molecule has 0 saturated heterocycles. The minimum atomic E-state index is -4.57. The predicted molar refractivity (Wildman–Crippen MR) is 107 cm³/mol. The van der Waals surface area contributed by atoms with Gasteiger partial charge in [0.25, 0.3) is 5.91 Å². The van der Waals surface area contributed by atoms with Crippen LogP contribution in [0.3, 0.4) is 0 Å². The van der Waals surface area contributed by atoms with E-state index >= 15 is 0 Å². The largest absolute Gasteiger partial charge is 0.432 e. The number of carbonyl (C=O) groups is 1. The summed E-state index contributed by atoms with van der Waals surface area (Å²) < 4.78 is 38.7. The lowest BCUT2D eigenvalue weighted by atomic mass is 9.97. The molecule has 0 spiro atoms. The van der Waals surface area contributed by atoms with Gasteiger partial charge in [-0.15, -0.1) is 0 Å². The van der Waals surface area contributed by atoms with Crippen LogP contribution in [0, 0.1) is 0 Å². The van der Waals surface area contributed by atoms with Crippen molar-refractivity contribution in [3.8, 4) is 0 Å². The van der Waals surface area contributed by atoms with Crippen LogP contribution in [0.4, 0.5) is 13.2 Å². The fourth-order valence-electron chi connectivity index (χ4n) is 3.24. The van der Waals surface area contributed by atoms with Crippen LogP contribution in [0.15, 0.2) is 30.3 Å². The van der Waals surface area contributed by atoms with E-state index in [0.717, 1.165) is 30.3 Å². The average molecular weight is 410 g/mol. The second-order valence-corrected chi connectivity index (χ2v) is 7.27. The third-order valence-electron chi connectivity index (χ3n) is 5.01. The number of H-pyrrole nitrogens is 1. The van der Waals surface area contributed by atoms with E-state index in [4.69, 9.17) is 0 Å². The molecule has 8 heteroatoms. The first-order valence-corrected chi connectivity index (χ1v) is 9.89. The van der Waals surface area contributed by atoms with Crippen molar-refractivity contribution in [2.75, 3.05) is 26.2 Å². The number of alkyl halides is 3. The van der Waals surface area contributed by atoms with Crippen molar-refractivity contribution >= 4 is 5.91 Å². The number of aromatic amines is 1. The van der Waals surface area contributed by atoms with Gasteiger partial charge in [-0.1, -0.05) is 52.0 Å². The van der Waals surface area contributed by atoms with Gasteiger partial charge in [0.15, 0.2) is 5.69 Å². The van der Waals surface area contributed by atoms with Gasteiger partial charge in [0.2, 0.25) is 0 Å². The van der Waals surface area contributed by atoms with E-state index in [0.29, 0.717) is 19.6 Å². The number of aromatic nitrogens is 2. The maximum atomic E-state index is 13.0. The van der Waals surface area contributed by atoms with E-state index in [1.807, 2.05) is 43.2 Å². The molecule has 0 saturated carbocycles. The number of carbonyl (C=O) groups excluding carboxylic acids is 1. The monoisotopic (exact) mass is 410 g/mol. The van der Waals surface area contributed by atoms with Gasteiger partial charge in [-0.2, -0.15) is 18.3 Å². The highest BCUT2D eigenvalue weighted by Gasteiger charge is 2.34. The lowest BCUT2D eigenvalue weighted by Gasteiger charge is -2.27. The normalized spacial score (nSPS) is 12.0. The Morgan fingerprint density at radius 1 is 1.14 bits per heavy atom. The second kappa shape index (κ2) is 9.91. The van der Waals surface area contributed by atoms with E-state index < -0.39 is 17.8 Å². The van der Waals surface area contributed by atoms with E-state index in [2.05, 4.69) is 23.8 Å². The molecule has 29 heavy (non-hydrogen) atoms. The Morgan fingerprint density at radius 2 is 1.79 bits per heavy atom. The van der Waals surface area contributed by atoms with Crippen LogP contribution in [0.2, 0.25) is 0 Å². The molecule has 0 aliphatic rings. The van der Waals surface area contributed by atoms with Crippen molar-refractivity contribution in [2.45, 2.75) is 46.3 Å². The third-order valence-corrected chi connectivity index (χ3v) is 5.01. The number of hydrogen-bond acceptors (Lipinski definition) is 3. The summed E-state index contributed by atoms with van der Waals surface area (Å²) in [6, 6.07) is 8.61. The zero-order valence-corrected chi connectivity index (χ0v) is 17.4. The van der Waals surface area contributed by atoms with Crippen molar-refractivity contribution < 1.29 is 18.0 Å².